The first-order chi connectivity index (χ1) is 13.6. The number of hydrogen-bond donors (Lipinski definition) is 2. The van der Waals surface area contributed by atoms with Crippen LogP contribution in [0.4, 0.5) is 17.6 Å². The highest BCUT2D eigenvalue weighted by Gasteiger charge is 2.18. The minimum absolute atomic E-state index is 0.0232. The molecule has 0 aliphatic carbocycles. The number of nitrogens with one attached hydrogen (secondary N) is 1. The Kier molecular flexibility index (Phi) is 5.12. The molecule has 3 heterocycles. The molecule has 3 N–H and O–H groups in total. The standard InChI is InChI=1S/C20H26N8/c1-15(16-6-3-4-7-17(16)28-9-5-8-22-28)23-18-14-19(25-20(21)24-18)27-12-10-26(2)11-13-27/h3-9,14-15H,10-13H2,1-2H3,(H3,21,23,24,25)/t15-/m0/s1. The van der Waals surface area contributed by atoms with Crippen molar-refractivity contribution < 1.29 is 0 Å². The predicted octanol–water partition coefficient (Wildman–Crippen LogP) is 2.17. The van der Waals surface area contributed by atoms with E-state index in [1.807, 2.05) is 35.1 Å². The van der Waals surface area contributed by atoms with Crippen molar-refractivity contribution in [3.63, 3.8) is 0 Å². The summed E-state index contributed by atoms with van der Waals surface area (Å²) in [6.45, 7) is 6.00. The van der Waals surface area contributed by atoms with E-state index in [0.29, 0.717) is 0 Å². The van der Waals surface area contributed by atoms with Gasteiger partial charge in [0.05, 0.1) is 11.7 Å². The van der Waals surface area contributed by atoms with Crippen LogP contribution in [-0.4, -0.2) is 57.9 Å². The van der Waals surface area contributed by atoms with Crippen molar-refractivity contribution in [2.45, 2.75) is 13.0 Å². The first kappa shape index (κ1) is 18.2. The summed E-state index contributed by atoms with van der Waals surface area (Å²) < 4.78 is 1.87. The monoisotopic (exact) mass is 378 g/mol. The van der Waals surface area contributed by atoms with Gasteiger partial charge in [0.2, 0.25) is 5.95 Å². The molecule has 0 saturated carbocycles. The molecule has 0 unspecified atom stereocenters. The Balaban J connectivity index is 1.56. The van der Waals surface area contributed by atoms with Crippen molar-refractivity contribution in [3.05, 3.63) is 54.4 Å². The lowest BCUT2D eigenvalue weighted by Crippen LogP contribution is -2.44. The molecule has 0 spiro atoms. The number of benzene rings is 1. The van der Waals surface area contributed by atoms with E-state index in [4.69, 9.17) is 5.73 Å². The second-order valence-corrected chi connectivity index (χ2v) is 7.14. The number of hydrogen-bond acceptors (Lipinski definition) is 7. The van der Waals surface area contributed by atoms with Crippen LogP contribution < -0.4 is 16.0 Å². The van der Waals surface area contributed by atoms with Crippen LogP contribution in [0.25, 0.3) is 5.69 Å². The maximum Gasteiger partial charge on any atom is 0.223 e. The number of piperazine rings is 1. The molecule has 1 atom stereocenters. The summed E-state index contributed by atoms with van der Waals surface area (Å²) in [7, 11) is 2.14. The molecule has 28 heavy (non-hydrogen) atoms. The third-order valence-electron chi connectivity index (χ3n) is 5.08. The van der Waals surface area contributed by atoms with Crippen molar-refractivity contribution in [1.29, 1.82) is 0 Å². The van der Waals surface area contributed by atoms with Crippen LogP contribution in [0.2, 0.25) is 0 Å². The highest BCUT2D eigenvalue weighted by Crippen LogP contribution is 2.26. The fourth-order valence-electron chi connectivity index (χ4n) is 3.50. The van der Waals surface area contributed by atoms with E-state index in [0.717, 1.165) is 49.1 Å². The van der Waals surface area contributed by atoms with Crippen LogP contribution >= 0.6 is 0 Å². The Labute approximate surface area is 165 Å². The number of rotatable bonds is 5. The smallest absolute Gasteiger partial charge is 0.223 e. The van der Waals surface area contributed by atoms with Crippen LogP contribution in [0.3, 0.4) is 0 Å². The Bertz CT molecular complexity index is 916. The van der Waals surface area contributed by atoms with E-state index < -0.39 is 0 Å². The number of para-hydroxylation sites is 1. The summed E-state index contributed by atoms with van der Waals surface area (Å²) in [6, 6.07) is 12.1. The summed E-state index contributed by atoms with van der Waals surface area (Å²) >= 11 is 0. The molecule has 4 rings (SSSR count). The molecule has 146 valence electrons. The summed E-state index contributed by atoms with van der Waals surface area (Å²) in [5.74, 6) is 1.88. The number of nitrogens with two attached hydrogens (primary N) is 1. The normalized spacial score (nSPS) is 16.1. The summed E-state index contributed by atoms with van der Waals surface area (Å²) in [5.41, 5.74) is 8.17. The molecule has 1 aliphatic heterocycles. The molecular formula is C20H26N8. The van der Waals surface area contributed by atoms with Gasteiger partial charge in [-0.25, -0.2) is 4.68 Å². The van der Waals surface area contributed by atoms with Gasteiger partial charge in [0, 0.05) is 44.6 Å². The van der Waals surface area contributed by atoms with E-state index >= 15 is 0 Å². The first-order valence-corrected chi connectivity index (χ1v) is 9.53. The largest absolute Gasteiger partial charge is 0.368 e. The molecule has 2 aromatic heterocycles. The quantitative estimate of drug-likeness (QED) is 0.703. The Morgan fingerprint density at radius 1 is 1.07 bits per heavy atom. The fourth-order valence-corrected chi connectivity index (χ4v) is 3.50. The fraction of sp³-hybridized carbons (Fsp3) is 0.350. The first-order valence-electron chi connectivity index (χ1n) is 9.53. The third kappa shape index (κ3) is 3.91. The van der Waals surface area contributed by atoms with E-state index in [-0.39, 0.29) is 12.0 Å². The SMILES string of the molecule is C[C@H](Nc1cc(N2CCN(C)CC2)nc(N)n1)c1ccccc1-n1cccn1. The molecule has 3 aromatic rings. The number of nitrogen functional groups attached to an aromatic ring is 1. The van der Waals surface area contributed by atoms with Crippen LogP contribution in [0, 0.1) is 0 Å². The van der Waals surface area contributed by atoms with E-state index in [2.05, 4.69) is 56.3 Å². The summed E-state index contributed by atoms with van der Waals surface area (Å²) in [6.07, 6.45) is 3.72. The van der Waals surface area contributed by atoms with Gasteiger partial charge in [-0.15, -0.1) is 0 Å². The zero-order valence-electron chi connectivity index (χ0n) is 16.3. The minimum atomic E-state index is 0.0232. The third-order valence-corrected chi connectivity index (χ3v) is 5.08. The average molecular weight is 378 g/mol. The van der Waals surface area contributed by atoms with Gasteiger partial charge >= 0.3 is 0 Å². The van der Waals surface area contributed by atoms with Crippen molar-refractivity contribution in [1.82, 2.24) is 24.6 Å². The molecular weight excluding hydrogens is 352 g/mol. The zero-order chi connectivity index (χ0) is 19.5. The van der Waals surface area contributed by atoms with Gasteiger partial charge in [0.25, 0.3) is 0 Å². The van der Waals surface area contributed by atoms with E-state index in [1.165, 1.54) is 0 Å². The highest BCUT2D eigenvalue weighted by atomic mass is 15.3. The Morgan fingerprint density at radius 3 is 2.61 bits per heavy atom. The van der Waals surface area contributed by atoms with Crippen molar-refractivity contribution >= 4 is 17.6 Å². The van der Waals surface area contributed by atoms with Crippen LogP contribution in [0.15, 0.2) is 48.8 Å². The molecule has 1 saturated heterocycles. The molecule has 8 heteroatoms. The van der Waals surface area contributed by atoms with Gasteiger partial charge in [0.15, 0.2) is 0 Å². The lowest BCUT2D eigenvalue weighted by atomic mass is 10.1. The maximum atomic E-state index is 6.00. The van der Waals surface area contributed by atoms with Crippen LogP contribution in [-0.2, 0) is 0 Å². The second-order valence-electron chi connectivity index (χ2n) is 7.14. The number of aromatic nitrogens is 4. The molecule has 0 radical (unpaired) electrons. The van der Waals surface area contributed by atoms with Gasteiger partial charge in [-0.05, 0) is 31.7 Å². The zero-order valence-corrected chi connectivity index (χ0v) is 16.3. The molecule has 1 aromatic carbocycles. The average Bonchev–Trinajstić information content (AvgIpc) is 3.23. The molecule has 1 fully saturated rings. The topological polar surface area (TPSA) is 88.1 Å². The van der Waals surface area contributed by atoms with E-state index in [1.54, 1.807) is 6.20 Å². The summed E-state index contributed by atoms with van der Waals surface area (Å²) in [4.78, 5) is 13.4. The van der Waals surface area contributed by atoms with Crippen molar-refractivity contribution in [2.75, 3.05) is 49.2 Å². The summed E-state index contributed by atoms with van der Waals surface area (Å²) in [5, 5.41) is 7.85. The lowest BCUT2D eigenvalue weighted by molar-refractivity contribution is 0.312. The molecule has 1 aliphatic rings. The van der Waals surface area contributed by atoms with Crippen LogP contribution in [0.1, 0.15) is 18.5 Å². The number of nitrogens with zero attached hydrogens (tertiary/aromatic N) is 6. The van der Waals surface area contributed by atoms with E-state index in [9.17, 15) is 0 Å². The molecule has 0 amide bonds. The maximum absolute atomic E-state index is 6.00. The number of likely N-dealkylation sites (N-methyl/N-ethyl adjacent to an activating group) is 1. The molecule has 8 nitrogen and oxygen atoms in total. The van der Waals surface area contributed by atoms with Crippen molar-refractivity contribution in [2.24, 2.45) is 0 Å². The Hall–Kier alpha value is -3.13. The van der Waals surface area contributed by atoms with Gasteiger partial charge < -0.3 is 20.9 Å². The lowest BCUT2D eigenvalue weighted by Gasteiger charge is -2.33. The molecule has 0 bridgehead atoms. The van der Waals surface area contributed by atoms with Gasteiger partial charge in [-0.1, -0.05) is 18.2 Å². The van der Waals surface area contributed by atoms with Crippen LogP contribution in [0.5, 0.6) is 0 Å². The predicted molar refractivity (Wildman–Crippen MR) is 112 cm³/mol. The van der Waals surface area contributed by atoms with Gasteiger partial charge in [0.1, 0.15) is 11.6 Å². The number of anilines is 3. The van der Waals surface area contributed by atoms with Crippen molar-refractivity contribution in [3.8, 4) is 5.69 Å². The van der Waals surface area contributed by atoms with Gasteiger partial charge in [-0.2, -0.15) is 15.1 Å². The Morgan fingerprint density at radius 2 is 1.86 bits per heavy atom. The second kappa shape index (κ2) is 7.85. The highest BCUT2D eigenvalue weighted by molar-refractivity contribution is 5.55. The van der Waals surface area contributed by atoms with Gasteiger partial charge in [-0.3, -0.25) is 0 Å². The minimum Gasteiger partial charge on any atom is -0.368 e.